The van der Waals surface area contributed by atoms with Crippen LogP contribution in [0.2, 0.25) is 0 Å². The Morgan fingerprint density at radius 3 is 2.68 bits per heavy atom. The second-order valence-corrected chi connectivity index (χ2v) is 6.70. The predicted octanol–water partition coefficient (Wildman–Crippen LogP) is 4.13. The van der Waals surface area contributed by atoms with E-state index in [1.165, 1.54) is 5.56 Å². The lowest BCUT2D eigenvalue weighted by Crippen LogP contribution is -1.97. The maximum atomic E-state index is 9.55. The third-order valence-corrected chi connectivity index (χ3v) is 4.78. The molecular formula is C21H17N5O2. The van der Waals surface area contributed by atoms with Crippen LogP contribution in [0, 0.1) is 0 Å². The average molecular weight is 371 g/mol. The Morgan fingerprint density at radius 1 is 0.857 bits per heavy atom. The number of nitrogens with one attached hydrogen (secondary N) is 1. The maximum Gasteiger partial charge on any atom is 0.320 e. The third kappa shape index (κ3) is 3.07. The van der Waals surface area contributed by atoms with Crippen molar-refractivity contribution < 1.29 is 9.52 Å². The zero-order valence-corrected chi connectivity index (χ0v) is 15.0. The molecule has 0 radical (unpaired) electrons. The van der Waals surface area contributed by atoms with Crippen molar-refractivity contribution in [2.24, 2.45) is 0 Å². The van der Waals surface area contributed by atoms with E-state index in [9.17, 15) is 5.11 Å². The molecule has 2 heterocycles. The molecule has 0 bridgehead atoms. The van der Waals surface area contributed by atoms with Crippen LogP contribution in [0.4, 0.5) is 11.7 Å². The molecule has 138 valence electrons. The van der Waals surface area contributed by atoms with Crippen LogP contribution in [-0.2, 0) is 12.8 Å². The molecule has 5 rings (SSSR count). The van der Waals surface area contributed by atoms with Crippen LogP contribution in [0.1, 0.15) is 17.5 Å². The van der Waals surface area contributed by atoms with E-state index in [1.54, 1.807) is 24.3 Å². The van der Waals surface area contributed by atoms with Crippen LogP contribution >= 0.6 is 0 Å². The van der Waals surface area contributed by atoms with Gasteiger partial charge < -0.3 is 14.8 Å². The molecule has 0 saturated carbocycles. The summed E-state index contributed by atoms with van der Waals surface area (Å²) in [5.41, 5.74) is 5.71. The fourth-order valence-electron chi connectivity index (χ4n) is 3.48. The van der Waals surface area contributed by atoms with Crippen molar-refractivity contribution in [2.75, 3.05) is 5.32 Å². The van der Waals surface area contributed by atoms with E-state index in [2.05, 4.69) is 43.9 Å². The van der Waals surface area contributed by atoms with Gasteiger partial charge in [-0.15, -0.1) is 15.3 Å². The third-order valence-electron chi connectivity index (χ3n) is 4.78. The Balaban J connectivity index is 1.46. The Morgan fingerprint density at radius 2 is 1.75 bits per heavy atom. The molecule has 7 heteroatoms. The van der Waals surface area contributed by atoms with Crippen LogP contribution < -0.4 is 5.32 Å². The summed E-state index contributed by atoms with van der Waals surface area (Å²) in [5, 5.41) is 29.4. The first kappa shape index (κ1) is 16.4. The Kier molecular flexibility index (Phi) is 3.97. The molecule has 2 aromatic heterocycles. The predicted molar refractivity (Wildman–Crippen MR) is 104 cm³/mol. The van der Waals surface area contributed by atoms with Crippen molar-refractivity contribution in [3.63, 3.8) is 0 Å². The Labute approximate surface area is 161 Å². The number of aromatic nitrogens is 4. The summed E-state index contributed by atoms with van der Waals surface area (Å²) in [5.74, 6) is 0.456. The molecule has 0 fully saturated rings. The van der Waals surface area contributed by atoms with E-state index in [4.69, 9.17) is 4.42 Å². The van der Waals surface area contributed by atoms with Crippen molar-refractivity contribution in [1.82, 2.24) is 20.4 Å². The van der Waals surface area contributed by atoms with Gasteiger partial charge in [-0.3, -0.25) is 0 Å². The second-order valence-electron chi connectivity index (χ2n) is 6.70. The lowest BCUT2D eigenvalue weighted by molar-refractivity contribution is 0.475. The second kappa shape index (κ2) is 6.77. The summed E-state index contributed by atoms with van der Waals surface area (Å²) in [6.07, 6.45) is 3.01. The molecule has 0 aliphatic heterocycles. The number of hydrogen-bond acceptors (Lipinski definition) is 7. The van der Waals surface area contributed by atoms with Gasteiger partial charge in [-0.1, -0.05) is 35.4 Å². The largest absolute Gasteiger partial charge is 0.508 e. The lowest BCUT2D eigenvalue weighted by Gasteiger charge is -2.07. The van der Waals surface area contributed by atoms with Gasteiger partial charge in [-0.05, 0) is 48.6 Å². The highest BCUT2D eigenvalue weighted by Gasteiger charge is 2.19. The van der Waals surface area contributed by atoms with Crippen molar-refractivity contribution in [3.8, 4) is 28.6 Å². The number of aromatic hydroxyl groups is 1. The van der Waals surface area contributed by atoms with Crippen LogP contribution in [-0.4, -0.2) is 25.5 Å². The van der Waals surface area contributed by atoms with Crippen LogP contribution in [0.5, 0.6) is 5.75 Å². The van der Waals surface area contributed by atoms with E-state index in [1.807, 2.05) is 12.1 Å². The molecule has 7 nitrogen and oxygen atoms in total. The van der Waals surface area contributed by atoms with Gasteiger partial charge in [0.05, 0.1) is 5.69 Å². The first-order valence-electron chi connectivity index (χ1n) is 9.11. The van der Waals surface area contributed by atoms with Crippen LogP contribution in [0.25, 0.3) is 22.8 Å². The van der Waals surface area contributed by atoms with Gasteiger partial charge >= 0.3 is 6.01 Å². The lowest BCUT2D eigenvalue weighted by atomic mass is 10.0. The summed E-state index contributed by atoms with van der Waals surface area (Å²) < 4.78 is 5.69. The van der Waals surface area contributed by atoms with E-state index >= 15 is 0 Å². The van der Waals surface area contributed by atoms with Gasteiger partial charge in [-0.2, -0.15) is 0 Å². The first-order chi connectivity index (χ1) is 13.8. The SMILES string of the molecule is Oc1cccc(Nc2nnc(-c3cc4c(nn3)-c3ccccc3CCC4)o2)c1. The Bertz CT molecular complexity index is 1160. The van der Waals surface area contributed by atoms with Crippen molar-refractivity contribution >= 4 is 11.7 Å². The Hall–Kier alpha value is -3.74. The summed E-state index contributed by atoms with van der Waals surface area (Å²) in [6.45, 7) is 0. The monoisotopic (exact) mass is 371 g/mol. The fourth-order valence-corrected chi connectivity index (χ4v) is 3.48. The molecule has 2 aromatic carbocycles. The highest BCUT2D eigenvalue weighted by molar-refractivity contribution is 5.69. The standard InChI is InChI=1S/C21H17N5O2/c27-16-9-4-8-15(12-16)22-21-26-25-20(28-21)18-11-14-7-3-6-13-5-1-2-10-17(13)19(14)24-23-18/h1-2,4-5,8-12,27H,3,6-7H2,(H,22,26). The molecule has 0 saturated heterocycles. The molecule has 0 atom stereocenters. The highest BCUT2D eigenvalue weighted by Crippen LogP contribution is 2.32. The summed E-state index contributed by atoms with van der Waals surface area (Å²) in [4.78, 5) is 0. The number of phenolic OH excluding ortho intramolecular Hbond substituents is 1. The van der Waals surface area contributed by atoms with E-state index in [0.29, 0.717) is 17.3 Å². The van der Waals surface area contributed by atoms with Gasteiger partial charge in [0.1, 0.15) is 5.75 Å². The van der Waals surface area contributed by atoms with Crippen LogP contribution in [0.15, 0.2) is 59.0 Å². The molecule has 1 aliphatic carbocycles. The number of aryl methyl sites for hydroxylation is 2. The molecule has 0 spiro atoms. The highest BCUT2D eigenvalue weighted by atomic mass is 16.4. The van der Waals surface area contributed by atoms with Gasteiger partial charge in [0, 0.05) is 17.3 Å². The van der Waals surface area contributed by atoms with Gasteiger partial charge in [0.2, 0.25) is 0 Å². The smallest absolute Gasteiger partial charge is 0.320 e. The minimum Gasteiger partial charge on any atom is -0.508 e. The molecule has 1 aliphatic rings. The van der Waals surface area contributed by atoms with Crippen molar-refractivity contribution in [1.29, 1.82) is 0 Å². The number of fused-ring (bicyclic) bond motifs is 3. The van der Waals surface area contributed by atoms with Gasteiger partial charge in [0.25, 0.3) is 5.89 Å². The normalized spacial score (nSPS) is 12.7. The number of rotatable bonds is 3. The minimum absolute atomic E-state index is 0.154. The topological polar surface area (TPSA) is 97.0 Å². The number of phenols is 1. The molecule has 2 N–H and O–H groups in total. The fraction of sp³-hybridized carbons (Fsp3) is 0.143. The van der Waals surface area contributed by atoms with Crippen molar-refractivity contribution in [2.45, 2.75) is 19.3 Å². The van der Waals surface area contributed by atoms with Gasteiger partial charge in [0.15, 0.2) is 5.69 Å². The van der Waals surface area contributed by atoms with E-state index in [0.717, 1.165) is 36.1 Å². The molecule has 28 heavy (non-hydrogen) atoms. The number of nitrogens with zero attached hydrogens (tertiary/aromatic N) is 4. The minimum atomic E-state index is 0.154. The summed E-state index contributed by atoms with van der Waals surface area (Å²) in [6, 6.07) is 17.2. The van der Waals surface area contributed by atoms with Crippen molar-refractivity contribution in [3.05, 3.63) is 65.7 Å². The quantitative estimate of drug-likeness (QED) is 0.559. The van der Waals surface area contributed by atoms with E-state index in [-0.39, 0.29) is 11.8 Å². The number of benzene rings is 2. The van der Waals surface area contributed by atoms with Gasteiger partial charge in [-0.25, -0.2) is 0 Å². The average Bonchev–Trinajstić information content (AvgIpc) is 3.08. The molecule has 0 amide bonds. The molecule has 0 unspecified atom stereocenters. The maximum absolute atomic E-state index is 9.55. The number of anilines is 2. The molecule has 4 aromatic rings. The number of hydrogen-bond donors (Lipinski definition) is 2. The molecular weight excluding hydrogens is 354 g/mol. The zero-order valence-electron chi connectivity index (χ0n) is 15.0. The summed E-state index contributed by atoms with van der Waals surface area (Å²) >= 11 is 0. The summed E-state index contributed by atoms with van der Waals surface area (Å²) in [7, 11) is 0. The zero-order chi connectivity index (χ0) is 18.9. The van der Waals surface area contributed by atoms with Crippen LogP contribution in [0.3, 0.4) is 0 Å². The van der Waals surface area contributed by atoms with E-state index < -0.39 is 0 Å². The first-order valence-corrected chi connectivity index (χ1v) is 9.11.